The standard InChI is InChI=1S/C9H6ClFO/c10-8-4-1-5-9(11)7(8)3-2-6-12/h1-6H. The van der Waals surface area contributed by atoms with Gasteiger partial charge in [0.05, 0.1) is 5.02 Å². The smallest absolute Gasteiger partial charge is 0.142 e. The zero-order valence-electron chi connectivity index (χ0n) is 6.13. The van der Waals surface area contributed by atoms with E-state index >= 15 is 0 Å². The van der Waals surface area contributed by atoms with Crippen molar-refractivity contribution in [2.45, 2.75) is 0 Å². The zero-order valence-corrected chi connectivity index (χ0v) is 6.88. The molecule has 0 spiro atoms. The van der Waals surface area contributed by atoms with E-state index in [1.807, 2.05) is 0 Å². The van der Waals surface area contributed by atoms with Gasteiger partial charge in [-0.15, -0.1) is 0 Å². The van der Waals surface area contributed by atoms with Crippen LogP contribution in [0.5, 0.6) is 0 Å². The van der Waals surface area contributed by atoms with Gasteiger partial charge in [-0.2, -0.15) is 0 Å². The Morgan fingerprint density at radius 2 is 2.17 bits per heavy atom. The van der Waals surface area contributed by atoms with Gasteiger partial charge in [-0.25, -0.2) is 4.39 Å². The number of hydrogen-bond donors (Lipinski definition) is 0. The van der Waals surface area contributed by atoms with E-state index in [4.69, 9.17) is 11.6 Å². The van der Waals surface area contributed by atoms with Crippen molar-refractivity contribution < 1.29 is 9.18 Å². The van der Waals surface area contributed by atoms with E-state index in [0.29, 0.717) is 11.3 Å². The lowest BCUT2D eigenvalue weighted by Gasteiger charge is -1.97. The monoisotopic (exact) mass is 184 g/mol. The van der Waals surface area contributed by atoms with Crippen molar-refractivity contribution in [3.63, 3.8) is 0 Å². The summed E-state index contributed by atoms with van der Waals surface area (Å²) in [6, 6.07) is 4.36. The van der Waals surface area contributed by atoms with Crippen LogP contribution >= 0.6 is 11.6 Å². The summed E-state index contributed by atoms with van der Waals surface area (Å²) in [5.74, 6) is -0.430. The maximum Gasteiger partial charge on any atom is 0.142 e. The van der Waals surface area contributed by atoms with Crippen molar-refractivity contribution in [2.24, 2.45) is 0 Å². The summed E-state index contributed by atoms with van der Waals surface area (Å²) < 4.78 is 12.9. The summed E-state index contributed by atoms with van der Waals surface area (Å²) in [5, 5.41) is 0.299. The molecule has 12 heavy (non-hydrogen) atoms. The molecule has 0 aliphatic rings. The molecule has 0 atom stereocenters. The second kappa shape index (κ2) is 4.02. The van der Waals surface area contributed by atoms with Crippen LogP contribution in [0.2, 0.25) is 5.02 Å². The fraction of sp³-hybridized carbons (Fsp3) is 0. The molecule has 3 heteroatoms. The Balaban J connectivity index is 3.12. The minimum Gasteiger partial charge on any atom is -0.299 e. The van der Waals surface area contributed by atoms with Crippen LogP contribution in [0.4, 0.5) is 4.39 Å². The maximum atomic E-state index is 12.9. The average molecular weight is 185 g/mol. The van der Waals surface area contributed by atoms with Crippen molar-refractivity contribution in [1.29, 1.82) is 0 Å². The van der Waals surface area contributed by atoms with Crippen LogP contribution in [0.15, 0.2) is 24.3 Å². The second-order valence-corrected chi connectivity index (χ2v) is 2.54. The highest BCUT2D eigenvalue weighted by molar-refractivity contribution is 6.32. The molecule has 1 nitrogen and oxygen atoms in total. The van der Waals surface area contributed by atoms with Crippen LogP contribution in [0.25, 0.3) is 6.08 Å². The predicted molar refractivity (Wildman–Crippen MR) is 46.5 cm³/mol. The van der Waals surface area contributed by atoms with E-state index in [1.54, 1.807) is 6.07 Å². The molecule has 0 aliphatic carbocycles. The summed E-state index contributed by atoms with van der Waals surface area (Å²) in [5.41, 5.74) is 0.242. The van der Waals surface area contributed by atoms with E-state index in [2.05, 4.69) is 0 Å². The predicted octanol–water partition coefficient (Wildman–Crippen LogP) is 2.69. The number of allylic oxidation sites excluding steroid dienone is 1. The molecule has 62 valence electrons. The normalized spacial score (nSPS) is 10.5. The quantitative estimate of drug-likeness (QED) is 0.510. The van der Waals surface area contributed by atoms with Gasteiger partial charge >= 0.3 is 0 Å². The first kappa shape index (κ1) is 8.94. The number of hydrogen-bond acceptors (Lipinski definition) is 1. The Kier molecular flexibility index (Phi) is 3.00. The second-order valence-electron chi connectivity index (χ2n) is 2.13. The van der Waals surface area contributed by atoms with Crippen LogP contribution < -0.4 is 0 Å². The van der Waals surface area contributed by atoms with E-state index < -0.39 is 5.82 Å². The first-order valence-electron chi connectivity index (χ1n) is 3.31. The molecule has 0 bridgehead atoms. The van der Waals surface area contributed by atoms with Gasteiger partial charge < -0.3 is 0 Å². The van der Waals surface area contributed by atoms with Crippen LogP contribution in [0.3, 0.4) is 0 Å². The first-order chi connectivity index (χ1) is 5.75. The Morgan fingerprint density at radius 1 is 1.42 bits per heavy atom. The third kappa shape index (κ3) is 1.92. The molecule has 0 N–H and O–H groups in total. The highest BCUT2D eigenvalue weighted by Crippen LogP contribution is 2.19. The maximum absolute atomic E-state index is 12.9. The molecule has 0 radical (unpaired) electrons. The van der Waals surface area contributed by atoms with Crippen LogP contribution in [0, 0.1) is 5.82 Å². The summed E-state index contributed by atoms with van der Waals surface area (Å²) in [4.78, 5) is 9.95. The minimum atomic E-state index is -0.430. The van der Waals surface area contributed by atoms with Crippen LogP contribution in [0.1, 0.15) is 5.56 Å². The number of rotatable bonds is 2. The molecule has 0 saturated carbocycles. The van der Waals surface area contributed by atoms with Gasteiger partial charge in [0.1, 0.15) is 12.1 Å². The van der Waals surface area contributed by atoms with Crippen LogP contribution in [-0.4, -0.2) is 6.29 Å². The Labute approximate surface area is 74.5 Å². The first-order valence-corrected chi connectivity index (χ1v) is 3.69. The largest absolute Gasteiger partial charge is 0.299 e. The Hall–Kier alpha value is -1.15. The lowest BCUT2D eigenvalue weighted by molar-refractivity contribution is -0.104. The molecule has 0 aliphatic heterocycles. The number of carbonyl (C=O) groups excluding carboxylic acids is 1. The van der Waals surface area contributed by atoms with Gasteiger partial charge in [-0.05, 0) is 24.3 Å². The summed E-state index contributed by atoms with van der Waals surface area (Å²) in [7, 11) is 0. The van der Waals surface area contributed by atoms with Gasteiger partial charge in [-0.3, -0.25) is 4.79 Å². The minimum absolute atomic E-state index is 0.242. The van der Waals surface area contributed by atoms with Gasteiger partial charge in [0.15, 0.2) is 0 Å². The van der Waals surface area contributed by atoms with Crippen molar-refractivity contribution in [2.75, 3.05) is 0 Å². The highest BCUT2D eigenvalue weighted by atomic mass is 35.5. The fourth-order valence-electron chi connectivity index (χ4n) is 0.805. The molecule has 0 heterocycles. The Morgan fingerprint density at radius 3 is 2.75 bits per heavy atom. The SMILES string of the molecule is O=CC=Cc1c(F)cccc1Cl. The molecular weight excluding hydrogens is 179 g/mol. The number of aldehydes is 1. The molecule has 1 aromatic carbocycles. The Bertz CT molecular complexity index is 300. The summed E-state index contributed by atoms with van der Waals surface area (Å²) in [6.07, 6.45) is 3.11. The van der Waals surface area contributed by atoms with Gasteiger partial charge in [0, 0.05) is 5.56 Å². The van der Waals surface area contributed by atoms with Crippen molar-refractivity contribution in [3.05, 3.63) is 40.7 Å². The number of carbonyl (C=O) groups is 1. The molecule has 0 amide bonds. The van der Waals surface area contributed by atoms with Crippen molar-refractivity contribution >= 4 is 24.0 Å². The van der Waals surface area contributed by atoms with E-state index in [1.165, 1.54) is 24.3 Å². The molecule has 1 rings (SSSR count). The number of benzene rings is 1. The molecule has 0 unspecified atom stereocenters. The van der Waals surface area contributed by atoms with Gasteiger partial charge in [-0.1, -0.05) is 17.7 Å². The molecule has 0 saturated heterocycles. The van der Waals surface area contributed by atoms with E-state index in [9.17, 15) is 9.18 Å². The fourth-order valence-corrected chi connectivity index (χ4v) is 1.03. The molecule has 0 aromatic heterocycles. The third-order valence-electron chi connectivity index (χ3n) is 1.34. The molecule has 0 fully saturated rings. The highest BCUT2D eigenvalue weighted by Gasteiger charge is 2.01. The average Bonchev–Trinajstić information content (AvgIpc) is 2.04. The molecular formula is C9H6ClFO. The van der Waals surface area contributed by atoms with Crippen LogP contribution in [-0.2, 0) is 4.79 Å². The van der Waals surface area contributed by atoms with Crippen molar-refractivity contribution in [3.8, 4) is 0 Å². The molecule has 1 aromatic rings. The van der Waals surface area contributed by atoms with Gasteiger partial charge in [0.25, 0.3) is 0 Å². The lowest BCUT2D eigenvalue weighted by atomic mass is 10.2. The van der Waals surface area contributed by atoms with E-state index in [0.717, 1.165) is 0 Å². The zero-order chi connectivity index (χ0) is 8.97. The summed E-state index contributed by atoms with van der Waals surface area (Å²) in [6.45, 7) is 0. The third-order valence-corrected chi connectivity index (χ3v) is 1.67. The summed E-state index contributed by atoms with van der Waals surface area (Å²) >= 11 is 5.66. The van der Waals surface area contributed by atoms with Gasteiger partial charge in [0.2, 0.25) is 0 Å². The number of halogens is 2. The lowest BCUT2D eigenvalue weighted by Crippen LogP contribution is -1.82. The topological polar surface area (TPSA) is 17.1 Å². The van der Waals surface area contributed by atoms with E-state index in [-0.39, 0.29) is 5.56 Å². The van der Waals surface area contributed by atoms with Crippen molar-refractivity contribution in [1.82, 2.24) is 0 Å².